The lowest BCUT2D eigenvalue weighted by Gasteiger charge is -2.16. The van der Waals surface area contributed by atoms with Crippen molar-refractivity contribution < 1.29 is 8.42 Å². The van der Waals surface area contributed by atoms with E-state index >= 15 is 0 Å². The Morgan fingerprint density at radius 1 is 1.42 bits per heavy atom. The van der Waals surface area contributed by atoms with E-state index in [1.54, 1.807) is 6.92 Å². The molecule has 0 aliphatic carbocycles. The molecule has 0 radical (unpaired) electrons. The molecule has 0 rings (SSSR count). The van der Waals surface area contributed by atoms with Gasteiger partial charge in [0.05, 0.1) is 11.8 Å². The van der Waals surface area contributed by atoms with Crippen molar-refractivity contribution in [3.05, 3.63) is 0 Å². The number of nitriles is 1. The van der Waals surface area contributed by atoms with E-state index in [0.29, 0.717) is 6.54 Å². The summed E-state index contributed by atoms with van der Waals surface area (Å²) >= 11 is 0. The van der Waals surface area contributed by atoms with Crippen LogP contribution in [0, 0.1) is 11.3 Å². The van der Waals surface area contributed by atoms with Gasteiger partial charge in [0.15, 0.2) is 0 Å². The first-order chi connectivity index (χ1) is 5.58. The van der Waals surface area contributed by atoms with Gasteiger partial charge in [0.25, 0.3) is 0 Å². The molecule has 0 aromatic rings. The molecule has 0 atom stereocenters. The first kappa shape index (κ1) is 11.4. The predicted octanol–water partition coefficient (Wildman–Crippen LogP) is 0.572. The van der Waals surface area contributed by atoms with Crippen LogP contribution in [0.1, 0.15) is 20.3 Å². The molecule has 0 unspecified atom stereocenters. The molecular formula is C7H14N2O2S. The first-order valence-corrected chi connectivity index (χ1v) is 5.54. The van der Waals surface area contributed by atoms with E-state index in [1.165, 1.54) is 4.31 Å². The number of hydrogen-bond donors (Lipinski definition) is 0. The summed E-state index contributed by atoms with van der Waals surface area (Å²) < 4.78 is 23.7. The third-order valence-corrected chi connectivity index (χ3v) is 3.31. The number of nitrogens with zero attached hydrogens (tertiary/aromatic N) is 2. The van der Waals surface area contributed by atoms with Gasteiger partial charge >= 0.3 is 0 Å². The molecule has 4 nitrogen and oxygen atoms in total. The SMILES string of the molecule is CCCN(CC#N)S(=O)(=O)CC. The summed E-state index contributed by atoms with van der Waals surface area (Å²) in [6.45, 7) is 3.86. The zero-order chi connectivity index (χ0) is 9.61. The zero-order valence-corrected chi connectivity index (χ0v) is 8.26. The monoisotopic (exact) mass is 190 g/mol. The van der Waals surface area contributed by atoms with Crippen molar-refractivity contribution in [3.63, 3.8) is 0 Å². The average Bonchev–Trinajstić information content (AvgIpc) is 2.04. The minimum Gasteiger partial charge on any atom is -0.212 e. The molecule has 70 valence electrons. The third kappa shape index (κ3) is 3.20. The van der Waals surface area contributed by atoms with Crippen LogP contribution in [-0.2, 0) is 10.0 Å². The van der Waals surface area contributed by atoms with Gasteiger partial charge in [0.2, 0.25) is 10.0 Å². The molecule has 0 fully saturated rings. The maximum Gasteiger partial charge on any atom is 0.214 e. The second-order valence-corrected chi connectivity index (χ2v) is 4.65. The molecule has 0 aromatic carbocycles. The van der Waals surface area contributed by atoms with Gasteiger partial charge in [0.1, 0.15) is 6.54 Å². The average molecular weight is 190 g/mol. The topological polar surface area (TPSA) is 61.2 Å². The van der Waals surface area contributed by atoms with Gasteiger partial charge < -0.3 is 0 Å². The largest absolute Gasteiger partial charge is 0.214 e. The van der Waals surface area contributed by atoms with Crippen molar-refractivity contribution in [3.8, 4) is 6.07 Å². The molecular weight excluding hydrogens is 176 g/mol. The van der Waals surface area contributed by atoms with Crippen LogP contribution < -0.4 is 0 Å². The van der Waals surface area contributed by atoms with E-state index in [1.807, 2.05) is 13.0 Å². The smallest absolute Gasteiger partial charge is 0.212 e. The minimum absolute atomic E-state index is 0.0377. The molecule has 0 saturated heterocycles. The highest BCUT2D eigenvalue weighted by atomic mass is 32.2. The highest BCUT2D eigenvalue weighted by Gasteiger charge is 2.17. The summed E-state index contributed by atoms with van der Waals surface area (Å²) in [6, 6.07) is 1.84. The van der Waals surface area contributed by atoms with E-state index < -0.39 is 10.0 Å². The summed E-state index contributed by atoms with van der Waals surface area (Å²) in [7, 11) is -3.17. The van der Waals surface area contributed by atoms with Crippen molar-refractivity contribution in [2.45, 2.75) is 20.3 Å². The van der Waals surface area contributed by atoms with Crippen molar-refractivity contribution in [2.75, 3.05) is 18.8 Å². The molecule has 0 spiro atoms. The van der Waals surface area contributed by atoms with Crippen LogP contribution in [0.25, 0.3) is 0 Å². The maximum atomic E-state index is 11.3. The molecule has 0 amide bonds. The van der Waals surface area contributed by atoms with Crippen LogP contribution >= 0.6 is 0 Å². The third-order valence-electron chi connectivity index (χ3n) is 1.48. The number of rotatable bonds is 5. The second kappa shape index (κ2) is 5.12. The molecule has 0 saturated carbocycles. The molecule has 0 heterocycles. The van der Waals surface area contributed by atoms with Crippen LogP contribution in [0.15, 0.2) is 0 Å². The highest BCUT2D eigenvalue weighted by molar-refractivity contribution is 7.89. The van der Waals surface area contributed by atoms with Crippen molar-refractivity contribution in [1.29, 1.82) is 5.26 Å². The van der Waals surface area contributed by atoms with E-state index in [0.717, 1.165) is 6.42 Å². The number of sulfonamides is 1. The Balaban J connectivity index is 4.41. The van der Waals surface area contributed by atoms with E-state index in [-0.39, 0.29) is 12.3 Å². The fourth-order valence-corrected chi connectivity index (χ4v) is 1.91. The van der Waals surface area contributed by atoms with Crippen LogP contribution in [0.4, 0.5) is 0 Å². The summed E-state index contributed by atoms with van der Waals surface area (Å²) in [4.78, 5) is 0. The molecule has 0 aliphatic rings. The van der Waals surface area contributed by atoms with Gasteiger partial charge in [-0.1, -0.05) is 6.92 Å². The zero-order valence-electron chi connectivity index (χ0n) is 7.45. The van der Waals surface area contributed by atoms with E-state index in [4.69, 9.17) is 5.26 Å². The molecule has 0 aliphatic heterocycles. The van der Waals surface area contributed by atoms with E-state index in [9.17, 15) is 8.42 Å². The summed E-state index contributed by atoms with van der Waals surface area (Å²) in [6.07, 6.45) is 0.737. The maximum absolute atomic E-state index is 11.3. The van der Waals surface area contributed by atoms with Crippen LogP contribution in [0.2, 0.25) is 0 Å². The van der Waals surface area contributed by atoms with Crippen LogP contribution in [-0.4, -0.2) is 31.6 Å². The van der Waals surface area contributed by atoms with Gasteiger partial charge in [0, 0.05) is 6.54 Å². The minimum atomic E-state index is -3.17. The fourth-order valence-electron chi connectivity index (χ4n) is 0.827. The molecule has 0 N–H and O–H groups in total. The Morgan fingerprint density at radius 3 is 2.33 bits per heavy atom. The molecule has 12 heavy (non-hydrogen) atoms. The lowest BCUT2D eigenvalue weighted by atomic mass is 10.5. The summed E-state index contributed by atoms with van der Waals surface area (Å²) in [5.74, 6) is 0.0642. The number of hydrogen-bond acceptors (Lipinski definition) is 3. The Labute approximate surface area is 73.8 Å². The predicted molar refractivity (Wildman–Crippen MR) is 46.9 cm³/mol. The van der Waals surface area contributed by atoms with Crippen molar-refractivity contribution >= 4 is 10.0 Å². The molecule has 0 bridgehead atoms. The fraction of sp³-hybridized carbons (Fsp3) is 0.857. The standard InChI is InChI=1S/C7H14N2O2S/c1-3-6-9(7-5-8)12(10,11)4-2/h3-4,6-7H2,1-2H3. The Hall–Kier alpha value is -0.600. The van der Waals surface area contributed by atoms with Gasteiger partial charge in [-0.05, 0) is 13.3 Å². The molecule has 0 aromatic heterocycles. The highest BCUT2D eigenvalue weighted by Crippen LogP contribution is 2.01. The van der Waals surface area contributed by atoms with E-state index in [2.05, 4.69) is 0 Å². The Kier molecular flexibility index (Phi) is 4.86. The Morgan fingerprint density at radius 2 is 2.00 bits per heavy atom. The van der Waals surface area contributed by atoms with Gasteiger partial charge in [-0.15, -0.1) is 0 Å². The normalized spacial score (nSPS) is 11.5. The lowest BCUT2D eigenvalue weighted by Crippen LogP contribution is -2.33. The van der Waals surface area contributed by atoms with Crippen molar-refractivity contribution in [1.82, 2.24) is 4.31 Å². The molecule has 5 heteroatoms. The summed E-state index contributed by atoms with van der Waals surface area (Å²) in [5.41, 5.74) is 0. The van der Waals surface area contributed by atoms with Gasteiger partial charge in [-0.25, -0.2) is 8.42 Å². The quantitative estimate of drug-likeness (QED) is 0.595. The Bertz CT molecular complexity index is 253. The second-order valence-electron chi connectivity index (χ2n) is 2.39. The van der Waals surface area contributed by atoms with Crippen LogP contribution in [0.5, 0.6) is 0 Å². The van der Waals surface area contributed by atoms with Crippen LogP contribution in [0.3, 0.4) is 0 Å². The van der Waals surface area contributed by atoms with Crippen molar-refractivity contribution in [2.24, 2.45) is 0 Å². The summed E-state index contributed by atoms with van der Waals surface area (Å²) in [5, 5.41) is 8.37. The lowest BCUT2D eigenvalue weighted by molar-refractivity contribution is 0.445. The van der Waals surface area contributed by atoms with Gasteiger partial charge in [-0.2, -0.15) is 9.57 Å². The van der Waals surface area contributed by atoms with Gasteiger partial charge in [-0.3, -0.25) is 0 Å². The first-order valence-electron chi connectivity index (χ1n) is 3.93.